The third-order valence-electron chi connectivity index (χ3n) is 3.22. The van der Waals surface area contributed by atoms with E-state index in [1.54, 1.807) is 0 Å². The third-order valence-corrected chi connectivity index (χ3v) is 3.22. The number of aliphatic hydroxyl groups excluding tert-OH is 6. The van der Waals surface area contributed by atoms with Crippen molar-refractivity contribution in [2.75, 3.05) is 76.3 Å². The average molecular weight is 393 g/mol. The minimum Gasteiger partial charge on any atom is -0.381 e. The molecule has 0 aliphatic rings. The second-order valence-electron chi connectivity index (χ2n) is 5.17. The monoisotopic (exact) mass is 393 g/mol. The van der Waals surface area contributed by atoms with Gasteiger partial charge in [-0.2, -0.15) is 15.0 Å². The fourth-order valence-electron chi connectivity index (χ4n) is 1.59. The van der Waals surface area contributed by atoms with E-state index in [1.807, 2.05) is 0 Å². The third kappa shape index (κ3) is 8.52. The first-order valence-electron chi connectivity index (χ1n) is 7.90. The molecule has 0 aromatic carbocycles. The lowest BCUT2D eigenvalue weighted by molar-refractivity contribution is 0.0354. The number of hydrogen-bond acceptors (Lipinski definition) is 15. The van der Waals surface area contributed by atoms with Crippen LogP contribution in [0.3, 0.4) is 0 Å². The molecule has 0 unspecified atom stereocenters. The van der Waals surface area contributed by atoms with Crippen molar-refractivity contribution in [1.29, 1.82) is 0 Å². The van der Waals surface area contributed by atoms with Gasteiger partial charge in [0.25, 0.3) is 0 Å². The average Bonchev–Trinajstić information content (AvgIpc) is 2.70. The fraction of sp³-hybridized carbons (Fsp3) is 0.750. The van der Waals surface area contributed by atoms with Crippen molar-refractivity contribution >= 4 is 17.8 Å². The Kier molecular flexibility index (Phi) is 11.3. The summed E-state index contributed by atoms with van der Waals surface area (Å²) in [7, 11) is 0. The van der Waals surface area contributed by atoms with Gasteiger partial charge in [-0.3, -0.25) is 0 Å². The molecule has 9 N–H and O–H groups in total. The minimum absolute atomic E-state index is 0.0503. The van der Waals surface area contributed by atoms with E-state index in [2.05, 4.69) is 30.9 Å². The predicted octanol–water partition coefficient (Wildman–Crippen LogP) is -4.42. The van der Waals surface area contributed by atoms with Crippen molar-refractivity contribution in [3.8, 4) is 0 Å². The van der Waals surface area contributed by atoms with Crippen molar-refractivity contribution in [3.63, 3.8) is 0 Å². The van der Waals surface area contributed by atoms with E-state index in [-0.39, 0.29) is 78.2 Å². The van der Waals surface area contributed by atoms with E-state index >= 15 is 0 Å². The number of aromatic nitrogens is 3. The molecule has 1 aromatic rings. The Hall–Kier alpha value is -1.95. The normalized spacial score (nSPS) is 11.4. The minimum atomic E-state index is -0.380. The smallest absolute Gasteiger partial charge is 0.230 e. The van der Waals surface area contributed by atoms with Crippen molar-refractivity contribution in [2.24, 2.45) is 0 Å². The van der Waals surface area contributed by atoms with Gasteiger partial charge in [-0.25, -0.2) is 14.7 Å². The summed E-state index contributed by atoms with van der Waals surface area (Å²) in [5.41, 5.74) is 0. The molecule has 0 aliphatic carbocycles. The maximum atomic E-state index is 9.05. The topological polar surface area (TPSA) is 206 Å². The van der Waals surface area contributed by atoms with Crippen LogP contribution in [0.5, 0.6) is 0 Å². The highest BCUT2D eigenvalue weighted by Gasteiger charge is 2.10. The van der Waals surface area contributed by atoms with Crippen LogP contribution >= 0.6 is 0 Å². The zero-order chi connectivity index (χ0) is 20.1. The molecule has 0 amide bonds. The molecule has 15 heteroatoms. The van der Waals surface area contributed by atoms with Gasteiger partial charge in [-0.05, 0) is 0 Å². The highest BCUT2D eigenvalue weighted by molar-refractivity contribution is 5.41. The zero-order valence-electron chi connectivity index (χ0n) is 14.7. The van der Waals surface area contributed by atoms with Crippen LogP contribution in [-0.4, -0.2) is 121 Å². The lowest BCUT2D eigenvalue weighted by atomic mass is 10.7. The fourth-order valence-corrected chi connectivity index (χ4v) is 1.59. The first-order valence-corrected chi connectivity index (χ1v) is 7.90. The Balaban J connectivity index is 2.85. The lowest BCUT2D eigenvalue weighted by Gasteiger charge is -2.20. The predicted molar refractivity (Wildman–Crippen MR) is 93.3 cm³/mol. The van der Waals surface area contributed by atoms with Crippen LogP contribution in [0, 0.1) is 0 Å². The standard InChI is InChI=1S/C12H27N9O6/c22-4-19(5-23)1-13-10-16-11(14-2-20(6-24)7-25)18-12(17-10)15-3-21(8-26)9-27/h22-27H,1-9H2,(H3,13,14,15,16,17,18). The highest BCUT2D eigenvalue weighted by atomic mass is 16.3. The van der Waals surface area contributed by atoms with Crippen LogP contribution in [0.1, 0.15) is 0 Å². The van der Waals surface area contributed by atoms with Gasteiger partial charge in [-0.15, -0.1) is 0 Å². The molecule has 15 nitrogen and oxygen atoms in total. The van der Waals surface area contributed by atoms with E-state index in [9.17, 15) is 0 Å². The summed E-state index contributed by atoms with van der Waals surface area (Å²) in [6, 6.07) is 0. The van der Waals surface area contributed by atoms with Crippen molar-refractivity contribution in [1.82, 2.24) is 29.7 Å². The first-order chi connectivity index (χ1) is 13.1. The molecule has 0 saturated heterocycles. The molecule has 27 heavy (non-hydrogen) atoms. The summed E-state index contributed by atoms with van der Waals surface area (Å²) < 4.78 is 0. The van der Waals surface area contributed by atoms with E-state index < -0.39 is 0 Å². The number of nitrogens with one attached hydrogen (secondary N) is 3. The second kappa shape index (κ2) is 13.3. The highest BCUT2D eigenvalue weighted by Crippen LogP contribution is 2.10. The molecule has 0 saturated carbocycles. The van der Waals surface area contributed by atoms with E-state index in [0.29, 0.717) is 0 Å². The number of nitrogens with zero attached hydrogens (tertiary/aromatic N) is 6. The van der Waals surface area contributed by atoms with E-state index in [4.69, 9.17) is 30.6 Å². The molecule has 1 heterocycles. The molecule has 156 valence electrons. The molecule has 0 bridgehead atoms. The van der Waals surface area contributed by atoms with Gasteiger partial charge in [0.05, 0.1) is 60.4 Å². The molecule has 0 aliphatic heterocycles. The number of hydrogen-bond donors (Lipinski definition) is 9. The quantitative estimate of drug-likeness (QED) is 0.129. The van der Waals surface area contributed by atoms with Crippen LogP contribution in [0.2, 0.25) is 0 Å². The maximum Gasteiger partial charge on any atom is 0.230 e. The van der Waals surface area contributed by atoms with Crippen LogP contribution < -0.4 is 16.0 Å². The van der Waals surface area contributed by atoms with Gasteiger partial charge >= 0.3 is 0 Å². The Morgan fingerprint density at radius 3 is 0.889 bits per heavy atom. The Morgan fingerprint density at radius 2 is 0.704 bits per heavy atom. The summed E-state index contributed by atoms with van der Waals surface area (Å²) >= 11 is 0. The lowest BCUT2D eigenvalue weighted by Crippen LogP contribution is -2.33. The van der Waals surface area contributed by atoms with Crippen molar-refractivity contribution in [2.45, 2.75) is 0 Å². The molecule has 0 fully saturated rings. The summed E-state index contributed by atoms with van der Waals surface area (Å²) in [4.78, 5) is 16.1. The van der Waals surface area contributed by atoms with Gasteiger partial charge in [-0.1, -0.05) is 0 Å². The first kappa shape index (κ1) is 23.1. The van der Waals surface area contributed by atoms with E-state index in [0.717, 1.165) is 0 Å². The van der Waals surface area contributed by atoms with Crippen LogP contribution in [-0.2, 0) is 0 Å². The van der Waals surface area contributed by atoms with Crippen LogP contribution in [0.25, 0.3) is 0 Å². The zero-order valence-corrected chi connectivity index (χ0v) is 14.7. The van der Waals surface area contributed by atoms with Crippen molar-refractivity contribution < 1.29 is 30.6 Å². The molecule has 0 spiro atoms. The summed E-state index contributed by atoms with van der Waals surface area (Å²) in [6.07, 6.45) is 0. The molecule has 1 rings (SSSR count). The van der Waals surface area contributed by atoms with Gasteiger partial charge in [0, 0.05) is 0 Å². The molecule has 0 atom stereocenters. The Labute approximate surface area is 155 Å². The van der Waals surface area contributed by atoms with Gasteiger partial charge < -0.3 is 46.6 Å². The molecule has 1 aromatic heterocycles. The second-order valence-corrected chi connectivity index (χ2v) is 5.17. The molecule has 0 radical (unpaired) electrons. The summed E-state index contributed by atoms with van der Waals surface area (Å²) in [6.45, 7) is -2.13. The SMILES string of the molecule is OCN(CO)CNc1nc(NCN(CO)CO)nc(NCN(CO)CO)n1. The van der Waals surface area contributed by atoms with Crippen LogP contribution in [0.15, 0.2) is 0 Å². The summed E-state index contributed by atoms with van der Waals surface area (Å²) in [5.74, 6) is 0.336. The molecular formula is C12H27N9O6. The number of aliphatic hydroxyl groups is 6. The Morgan fingerprint density at radius 1 is 0.481 bits per heavy atom. The summed E-state index contributed by atoms with van der Waals surface area (Å²) in [5, 5.41) is 62.7. The molecular weight excluding hydrogens is 366 g/mol. The Bertz CT molecular complexity index is 432. The largest absolute Gasteiger partial charge is 0.381 e. The van der Waals surface area contributed by atoms with Crippen molar-refractivity contribution in [3.05, 3.63) is 0 Å². The van der Waals surface area contributed by atoms with Gasteiger partial charge in [0.2, 0.25) is 17.8 Å². The van der Waals surface area contributed by atoms with E-state index in [1.165, 1.54) is 14.7 Å². The number of anilines is 3. The van der Waals surface area contributed by atoms with Crippen LogP contribution in [0.4, 0.5) is 17.8 Å². The number of rotatable bonds is 15. The van der Waals surface area contributed by atoms with Gasteiger partial charge in [0.1, 0.15) is 0 Å². The maximum absolute atomic E-state index is 9.05. The van der Waals surface area contributed by atoms with Gasteiger partial charge in [0.15, 0.2) is 0 Å².